The molecule has 0 bridgehead atoms. The van der Waals surface area contributed by atoms with Crippen LogP contribution in [0.5, 0.6) is 11.5 Å². The van der Waals surface area contributed by atoms with Crippen LogP contribution >= 0.6 is 0 Å². The van der Waals surface area contributed by atoms with Crippen molar-refractivity contribution in [3.05, 3.63) is 23.4 Å². The third kappa shape index (κ3) is 11.3. The van der Waals surface area contributed by atoms with Gasteiger partial charge in [0.15, 0.2) is 11.5 Å². The largest absolute Gasteiger partial charge is 0.508 e. The molecule has 1 aromatic heterocycles. The summed E-state index contributed by atoms with van der Waals surface area (Å²) >= 11 is 0. The zero-order valence-corrected chi connectivity index (χ0v) is 25.0. The van der Waals surface area contributed by atoms with E-state index in [0.29, 0.717) is 44.5 Å². The van der Waals surface area contributed by atoms with E-state index in [-0.39, 0.29) is 52.4 Å². The topological polar surface area (TPSA) is 204 Å². The maximum atomic E-state index is 12.8. The normalized spacial score (nSPS) is 11.1. The summed E-state index contributed by atoms with van der Waals surface area (Å²) in [5.74, 6) is -1.44. The number of carbonyl (C=O) groups excluding carboxylic acids is 3. The molecule has 0 radical (unpaired) electrons. The Kier molecular flexibility index (Phi) is 15.4. The van der Waals surface area contributed by atoms with Gasteiger partial charge in [0, 0.05) is 45.1 Å². The second-order valence-corrected chi connectivity index (χ2v) is 10.3. The van der Waals surface area contributed by atoms with Crippen molar-refractivity contribution in [1.29, 1.82) is 0 Å². The lowest BCUT2D eigenvalue weighted by atomic mass is 9.97. The molecule has 13 heteroatoms. The lowest BCUT2D eigenvalue weighted by Crippen LogP contribution is -2.31. The molecule has 9 N–H and O–H groups in total. The zero-order valence-electron chi connectivity index (χ0n) is 25.0. The SMILES string of the molecule is CCNC(=O)c1noc(-c2cc(C(C)C)c(O)cc2O)c1NC(=O)CCCCC(=O)NCCCNCCNCCCN. The Morgan fingerprint density at radius 1 is 0.881 bits per heavy atom. The minimum absolute atomic E-state index is 0.000675. The quantitative estimate of drug-likeness (QED) is 0.106. The summed E-state index contributed by atoms with van der Waals surface area (Å²) in [4.78, 5) is 37.6. The molecule has 0 aliphatic carbocycles. The van der Waals surface area contributed by atoms with Gasteiger partial charge in [-0.3, -0.25) is 14.4 Å². The summed E-state index contributed by atoms with van der Waals surface area (Å²) in [6.07, 6.45) is 3.16. The van der Waals surface area contributed by atoms with E-state index in [9.17, 15) is 24.6 Å². The second-order valence-electron chi connectivity index (χ2n) is 10.3. The average molecular weight is 590 g/mol. The number of benzene rings is 1. The number of carbonyl (C=O) groups is 3. The molecular formula is C29H47N7O6. The van der Waals surface area contributed by atoms with Gasteiger partial charge >= 0.3 is 0 Å². The first-order valence-corrected chi connectivity index (χ1v) is 14.7. The van der Waals surface area contributed by atoms with Crippen LogP contribution in [0.25, 0.3) is 11.3 Å². The highest BCUT2D eigenvalue weighted by molar-refractivity contribution is 6.05. The zero-order chi connectivity index (χ0) is 30.9. The number of hydrogen-bond acceptors (Lipinski definition) is 10. The van der Waals surface area contributed by atoms with E-state index < -0.39 is 11.8 Å². The van der Waals surface area contributed by atoms with Crippen LogP contribution in [0.15, 0.2) is 16.7 Å². The van der Waals surface area contributed by atoms with Crippen molar-refractivity contribution in [2.45, 2.75) is 65.2 Å². The third-order valence-electron chi connectivity index (χ3n) is 6.47. The molecule has 42 heavy (non-hydrogen) atoms. The van der Waals surface area contributed by atoms with Crippen molar-refractivity contribution in [3.63, 3.8) is 0 Å². The number of hydrogen-bond donors (Lipinski definition) is 8. The van der Waals surface area contributed by atoms with Crippen molar-refractivity contribution in [1.82, 2.24) is 26.4 Å². The van der Waals surface area contributed by atoms with Crippen LogP contribution in [0.3, 0.4) is 0 Å². The first-order chi connectivity index (χ1) is 20.2. The number of nitrogens with two attached hydrogens (primary N) is 1. The number of phenolic OH excluding ortho intramolecular Hbond substituents is 2. The Labute approximate surface area is 247 Å². The lowest BCUT2D eigenvalue weighted by molar-refractivity contribution is -0.121. The predicted octanol–water partition coefficient (Wildman–Crippen LogP) is 2.16. The predicted molar refractivity (Wildman–Crippen MR) is 161 cm³/mol. The van der Waals surface area contributed by atoms with Gasteiger partial charge < -0.3 is 47.1 Å². The maximum absolute atomic E-state index is 12.8. The number of aromatic hydroxyl groups is 2. The van der Waals surface area contributed by atoms with Crippen LogP contribution in [0.1, 0.15) is 81.3 Å². The molecule has 0 saturated carbocycles. The molecule has 2 aromatic rings. The van der Waals surface area contributed by atoms with Gasteiger partial charge in [0.05, 0.1) is 5.56 Å². The molecule has 1 heterocycles. The molecule has 3 amide bonds. The Balaban J connectivity index is 1.86. The fraction of sp³-hybridized carbons (Fsp3) is 0.586. The summed E-state index contributed by atoms with van der Waals surface area (Å²) in [5, 5.41) is 39.4. The Hall–Kier alpha value is -3.68. The van der Waals surface area contributed by atoms with E-state index >= 15 is 0 Å². The van der Waals surface area contributed by atoms with E-state index in [1.54, 1.807) is 13.0 Å². The highest BCUT2D eigenvalue weighted by Gasteiger charge is 2.27. The Bertz CT molecular complexity index is 1150. The first kappa shape index (κ1) is 34.5. The number of nitrogens with zero attached hydrogens (tertiary/aromatic N) is 1. The molecule has 13 nitrogen and oxygen atoms in total. The fourth-order valence-electron chi connectivity index (χ4n) is 4.18. The second kappa shape index (κ2) is 18.7. The van der Waals surface area contributed by atoms with Gasteiger partial charge in [-0.05, 0) is 69.8 Å². The van der Waals surface area contributed by atoms with E-state index in [1.165, 1.54) is 6.07 Å². The number of anilines is 1. The van der Waals surface area contributed by atoms with Gasteiger partial charge in [-0.1, -0.05) is 19.0 Å². The number of nitrogens with one attached hydrogen (secondary N) is 5. The first-order valence-electron chi connectivity index (χ1n) is 14.7. The maximum Gasteiger partial charge on any atom is 0.275 e. The van der Waals surface area contributed by atoms with E-state index in [1.807, 2.05) is 13.8 Å². The Morgan fingerprint density at radius 2 is 1.55 bits per heavy atom. The van der Waals surface area contributed by atoms with Crippen LogP contribution in [0.4, 0.5) is 5.69 Å². The highest BCUT2D eigenvalue weighted by Crippen LogP contribution is 2.41. The molecule has 0 saturated heterocycles. The van der Waals surface area contributed by atoms with Gasteiger partial charge in [-0.25, -0.2) is 0 Å². The molecule has 0 fully saturated rings. The fourth-order valence-corrected chi connectivity index (χ4v) is 4.18. The van der Waals surface area contributed by atoms with E-state index in [0.717, 1.165) is 39.0 Å². The number of unbranched alkanes of at least 4 members (excludes halogenated alkanes) is 1. The van der Waals surface area contributed by atoms with Crippen LogP contribution in [-0.4, -0.2) is 78.9 Å². The summed E-state index contributed by atoms with van der Waals surface area (Å²) in [7, 11) is 0. The molecule has 0 aliphatic heterocycles. The van der Waals surface area contributed by atoms with Gasteiger partial charge in [0.1, 0.15) is 17.2 Å². The Morgan fingerprint density at radius 3 is 2.19 bits per heavy atom. The summed E-state index contributed by atoms with van der Waals surface area (Å²) in [5.41, 5.74) is 6.08. The van der Waals surface area contributed by atoms with E-state index in [4.69, 9.17) is 10.3 Å². The smallest absolute Gasteiger partial charge is 0.275 e. The molecule has 2 rings (SSSR count). The molecule has 0 unspecified atom stereocenters. The van der Waals surface area contributed by atoms with Gasteiger partial charge in [0.2, 0.25) is 11.8 Å². The molecule has 0 atom stereocenters. The standard InChI is InChI=1S/C29H47N7O6/c1-4-33-29(41)27-26(28(42-36-27)21-17-20(19(2)3)22(37)18-23(21)38)35-25(40)10-6-5-9-24(39)34-14-8-13-32-16-15-31-12-7-11-30/h17-19,31-32,37-38H,4-16,30H2,1-3H3,(H,33,41)(H,34,39)(H,35,40). The molecule has 0 spiro atoms. The minimum Gasteiger partial charge on any atom is -0.508 e. The van der Waals surface area contributed by atoms with Crippen LogP contribution < -0.4 is 32.3 Å². The third-order valence-corrected chi connectivity index (χ3v) is 6.47. The van der Waals surface area contributed by atoms with Gasteiger partial charge in [-0.2, -0.15) is 0 Å². The molecule has 0 aliphatic rings. The summed E-state index contributed by atoms with van der Waals surface area (Å²) < 4.78 is 5.42. The lowest BCUT2D eigenvalue weighted by Gasteiger charge is -2.13. The number of amides is 3. The number of phenols is 2. The van der Waals surface area contributed by atoms with Crippen molar-refractivity contribution in [2.24, 2.45) is 5.73 Å². The molecule has 1 aromatic carbocycles. The van der Waals surface area contributed by atoms with E-state index in [2.05, 4.69) is 31.7 Å². The highest BCUT2D eigenvalue weighted by atomic mass is 16.5. The summed E-state index contributed by atoms with van der Waals surface area (Å²) in [6, 6.07) is 2.74. The van der Waals surface area contributed by atoms with Crippen molar-refractivity contribution >= 4 is 23.4 Å². The van der Waals surface area contributed by atoms with Crippen molar-refractivity contribution < 1.29 is 29.1 Å². The average Bonchev–Trinajstić information content (AvgIpc) is 3.35. The molecular weight excluding hydrogens is 542 g/mol. The van der Waals surface area contributed by atoms with Crippen LogP contribution in [0, 0.1) is 0 Å². The van der Waals surface area contributed by atoms with Crippen LogP contribution in [0.2, 0.25) is 0 Å². The number of aromatic nitrogens is 1. The van der Waals surface area contributed by atoms with Crippen molar-refractivity contribution in [2.75, 3.05) is 51.1 Å². The molecule has 234 valence electrons. The monoisotopic (exact) mass is 589 g/mol. The summed E-state index contributed by atoms with van der Waals surface area (Å²) in [6.45, 7) is 10.6. The minimum atomic E-state index is -0.545. The van der Waals surface area contributed by atoms with Gasteiger partial charge in [-0.15, -0.1) is 0 Å². The number of rotatable bonds is 20. The van der Waals surface area contributed by atoms with Crippen molar-refractivity contribution in [3.8, 4) is 22.8 Å². The van der Waals surface area contributed by atoms with Gasteiger partial charge in [0.25, 0.3) is 5.91 Å². The van der Waals surface area contributed by atoms with Crippen LogP contribution in [-0.2, 0) is 9.59 Å².